The molecule has 0 fully saturated rings. The molecule has 2 aromatic rings. The van der Waals surface area contributed by atoms with Crippen molar-refractivity contribution in [2.45, 2.75) is 19.9 Å². The molecule has 1 aromatic heterocycles. The molecule has 162 valence electrons. The number of likely N-dealkylation sites (N-methyl/N-ethyl adjacent to an activating group) is 1. The third-order valence-corrected chi connectivity index (χ3v) is 4.48. The quantitative estimate of drug-likeness (QED) is 0.218. The summed E-state index contributed by atoms with van der Waals surface area (Å²) in [5.41, 5.74) is 0. The van der Waals surface area contributed by atoms with Crippen molar-refractivity contribution in [1.29, 1.82) is 0 Å². The molecule has 0 amide bonds. The normalized spacial score (nSPS) is 11.1. The molecule has 8 nitrogen and oxygen atoms in total. The molecule has 0 atom stereocenters. The maximum absolute atomic E-state index is 5.90. The van der Waals surface area contributed by atoms with Gasteiger partial charge in [-0.05, 0) is 37.6 Å². The summed E-state index contributed by atoms with van der Waals surface area (Å²) in [6, 6.07) is 7.34. The van der Waals surface area contributed by atoms with E-state index in [1.807, 2.05) is 54.8 Å². The zero-order chi connectivity index (χ0) is 20.4. The first-order valence-electron chi connectivity index (χ1n) is 9.23. The van der Waals surface area contributed by atoms with Gasteiger partial charge < -0.3 is 24.3 Å². The average Bonchev–Trinajstić information content (AvgIpc) is 3.01. The molecule has 1 aromatic carbocycles. The lowest BCUT2D eigenvalue weighted by Gasteiger charge is -2.22. The minimum Gasteiger partial charge on any atom is -0.492 e. The predicted molar refractivity (Wildman–Crippen MR) is 126 cm³/mol. The lowest BCUT2D eigenvalue weighted by atomic mass is 10.3. The molecule has 0 radical (unpaired) electrons. The highest BCUT2D eigenvalue weighted by Gasteiger charge is 2.09. The number of nitrogens with zero attached hydrogens (tertiary/aromatic N) is 5. The van der Waals surface area contributed by atoms with Crippen molar-refractivity contribution < 1.29 is 9.47 Å². The SMILES string of the molecule is COCCCNC(=NCc1nnc(C)n1C)N(C)CCOc1ccc(Cl)cc1.I. The van der Waals surface area contributed by atoms with Gasteiger partial charge in [0.05, 0.1) is 6.54 Å². The molecule has 0 saturated heterocycles. The molecule has 0 aliphatic heterocycles. The first-order chi connectivity index (χ1) is 13.5. The van der Waals surface area contributed by atoms with E-state index >= 15 is 0 Å². The van der Waals surface area contributed by atoms with Crippen molar-refractivity contribution in [3.05, 3.63) is 40.9 Å². The summed E-state index contributed by atoms with van der Waals surface area (Å²) in [5.74, 6) is 3.26. The lowest BCUT2D eigenvalue weighted by Crippen LogP contribution is -2.41. The topological polar surface area (TPSA) is 76.8 Å². The Bertz CT molecular complexity index is 754. The van der Waals surface area contributed by atoms with Gasteiger partial charge in [0.15, 0.2) is 11.8 Å². The Labute approximate surface area is 194 Å². The number of hydrogen-bond acceptors (Lipinski definition) is 5. The van der Waals surface area contributed by atoms with E-state index in [1.165, 1.54) is 0 Å². The number of aliphatic imine (C=N–C) groups is 1. The number of benzene rings is 1. The summed E-state index contributed by atoms with van der Waals surface area (Å²) in [7, 11) is 5.62. The summed E-state index contributed by atoms with van der Waals surface area (Å²) in [6.07, 6.45) is 0.897. The molecule has 0 unspecified atom stereocenters. The second-order valence-corrected chi connectivity index (χ2v) is 6.80. The van der Waals surface area contributed by atoms with Crippen molar-refractivity contribution in [2.24, 2.45) is 12.0 Å². The number of ether oxygens (including phenoxy) is 2. The molecule has 2 rings (SSSR count). The van der Waals surface area contributed by atoms with Gasteiger partial charge in [0.25, 0.3) is 0 Å². The summed E-state index contributed by atoms with van der Waals surface area (Å²) < 4.78 is 12.8. The van der Waals surface area contributed by atoms with Crippen LogP contribution < -0.4 is 10.1 Å². The second-order valence-electron chi connectivity index (χ2n) is 6.36. The summed E-state index contributed by atoms with van der Waals surface area (Å²) in [6.45, 7) is 5.05. The Kier molecular flexibility index (Phi) is 11.9. The molecule has 0 aliphatic rings. The van der Waals surface area contributed by atoms with Gasteiger partial charge in [-0.3, -0.25) is 0 Å². The molecule has 0 bridgehead atoms. The number of nitrogens with one attached hydrogen (secondary N) is 1. The average molecular weight is 537 g/mol. The Morgan fingerprint density at radius 3 is 2.59 bits per heavy atom. The maximum atomic E-state index is 5.90. The van der Waals surface area contributed by atoms with Gasteiger partial charge in [0, 0.05) is 39.4 Å². The molecule has 1 heterocycles. The molecule has 29 heavy (non-hydrogen) atoms. The lowest BCUT2D eigenvalue weighted by molar-refractivity contribution is 0.195. The van der Waals surface area contributed by atoms with Crippen LogP contribution in [0.25, 0.3) is 0 Å². The van der Waals surface area contributed by atoms with Crippen molar-refractivity contribution in [3.63, 3.8) is 0 Å². The van der Waals surface area contributed by atoms with Crippen LogP contribution in [0.5, 0.6) is 5.75 Å². The monoisotopic (exact) mass is 536 g/mol. The minimum atomic E-state index is 0. The van der Waals surface area contributed by atoms with Crippen LogP contribution in [0.15, 0.2) is 29.3 Å². The number of methoxy groups -OCH3 is 1. The van der Waals surface area contributed by atoms with Gasteiger partial charge in [0.1, 0.15) is 24.7 Å². The van der Waals surface area contributed by atoms with Crippen molar-refractivity contribution >= 4 is 41.5 Å². The van der Waals surface area contributed by atoms with Crippen molar-refractivity contribution in [2.75, 3.05) is 40.5 Å². The highest BCUT2D eigenvalue weighted by molar-refractivity contribution is 14.0. The largest absolute Gasteiger partial charge is 0.492 e. The van der Waals surface area contributed by atoms with E-state index in [4.69, 9.17) is 26.1 Å². The van der Waals surface area contributed by atoms with Crippen LogP contribution >= 0.6 is 35.6 Å². The Morgan fingerprint density at radius 1 is 1.24 bits per heavy atom. The van der Waals surface area contributed by atoms with Gasteiger partial charge in [-0.1, -0.05) is 11.6 Å². The van der Waals surface area contributed by atoms with E-state index in [1.54, 1.807) is 7.11 Å². The maximum Gasteiger partial charge on any atom is 0.194 e. The molecule has 10 heteroatoms. The Hall–Kier alpha value is -1.59. The second kappa shape index (κ2) is 13.6. The number of rotatable bonds is 10. The highest BCUT2D eigenvalue weighted by Crippen LogP contribution is 2.15. The first kappa shape index (κ1) is 25.4. The molecular formula is C19H30ClIN6O2. The van der Waals surface area contributed by atoms with Crippen LogP contribution in [0, 0.1) is 6.92 Å². The summed E-state index contributed by atoms with van der Waals surface area (Å²) >= 11 is 5.90. The zero-order valence-corrected chi connectivity index (χ0v) is 20.5. The number of aromatic nitrogens is 3. The molecular weight excluding hydrogens is 507 g/mol. The fourth-order valence-corrected chi connectivity index (χ4v) is 2.53. The van der Waals surface area contributed by atoms with Crippen molar-refractivity contribution in [1.82, 2.24) is 25.0 Å². The number of aryl methyl sites for hydroxylation is 1. The van der Waals surface area contributed by atoms with Gasteiger partial charge in [-0.15, -0.1) is 34.2 Å². The number of halogens is 2. The van der Waals surface area contributed by atoms with Crippen molar-refractivity contribution in [3.8, 4) is 5.75 Å². The van der Waals surface area contributed by atoms with Gasteiger partial charge in [0.2, 0.25) is 0 Å². The fourth-order valence-electron chi connectivity index (χ4n) is 2.40. The van der Waals surface area contributed by atoms with E-state index in [9.17, 15) is 0 Å². The molecule has 1 N–H and O–H groups in total. The van der Waals surface area contributed by atoms with Crippen LogP contribution in [0.2, 0.25) is 5.02 Å². The van der Waals surface area contributed by atoms with E-state index < -0.39 is 0 Å². The van der Waals surface area contributed by atoms with Crippen LogP contribution in [-0.2, 0) is 18.3 Å². The van der Waals surface area contributed by atoms with Crippen LogP contribution in [0.3, 0.4) is 0 Å². The van der Waals surface area contributed by atoms with Gasteiger partial charge in [-0.25, -0.2) is 4.99 Å². The third-order valence-electron chi connectivity index (χ3n) is 4.23. The van der Waals surface area contributed by atoms with Crippen LogP contribution in [-0.4, -0.2) is 66.1 Å². The van der Waals surface area contributed by atoms with E-state index in [0.29, 0.717) is 31.3 Å². The highest BCUT2D eigenvalue weighted by atomic mass is 127. The van der Waals surface area contributed by atoms with Gasteiger partial charge >= 0.3 is 0 Å². The van der Waals surface area contributed by atoms with Gasteiger partial charge in [-0.2, -0.15) is 0 Å². The standard InChI is InChI=1S/C19H29ClN6O2.HI/c1-15-23-24-18(26(15)3)14-22-19(21-10-5-12-27-4)25(2)11-13-28-17-8-6-16(20)7-9-17;/h6-9H,5,10-14H2,1-4H3,(H,21,22);1H. The predicted octanol–water partition coefficient (Wildman–Crippen LogP) is 2.89. The van der Waals surface area contributed by atoms with Crippen LogP contribution in [0.1, 0.15) is 18.1 Å². The molecule has 0 spiro atoms. The zero-order valence-electron chi connectivity index (χ0n) is 17.4. The Balaban J connectivity index is 0.00000420. The van der Waals surface area contributed by atoms with E-state index in [0.717, 1.165) is 36.3 Å². The summed E-state index contributed by atoms with van der Waals surface area (Å²) in [5, 5.41) is 12.3. The summed E-state index contributed by atoms with van der Waals surface area (Å²) in [4.78, 5) is 6.73. The minimum absolute atomic E-state index is 0. The third kappa shape index (κ3) is 8.75. The van der Waals surface area contributed by atoms with E-state index in [-0.39, 0.29) is 24.0 Å². The number of hydrogen-bond donors (Lipinski definition) is 1. The number of guanidine groups is 1. The Morgan fingerprint density at radius 2 is 1.97 bits per heavy atom. The fraction of sp³-hybridized carbons (Fsp3) is 0.526. The van der Waals surface area contributed by atoms with E-state index in [2.05, 4.69) is 15.5 Å². The smallest absolute Gasteiger partial charge is 0.194 e. The van der Waals surface area contributed by atoms with Crippen LogP contribution in [0.4, 0.5) is 0 Å². The molecule has 0 aliphatic carbocycles. The molecule has 0 saturated carbocycles. The first-order valence-corrected chi connectivity index (χ1v) is 9.60.